The van der Waals surface area contributed by atoms with E-state index >= 15 is 0 Å². The van der Waals surface area contributed by atoms with Gasteiger partial charge in [-0.1, -0.05) is 18.6 Å². The molecule has 2 rings (SSSR count). The van der Waals surface area contributed by atoms with Gasteiger partial charge < -0.3 is 5.32 Å². The van der Waals surface area contributed by atoms with Crippen LogP contribution in [0, 0.1) is 27.7 Å². The molecule has 0 aliphatic rings. The number of fused-ring (bicyclic) bond motifs is 1. The summed E-state index contributed by atoms with van der Waals surface area (Å²) in [5.74, 6) is 0. The zero-order valence-corrected chi connectivity index (χ0v) is 12.0. The van der Waals surface area contributed by atoms with E-state index < -0.39 is 0 Å². The summed E-state index contributed by atoms with van der Waals surface area (Å²) in [7, 11) is 0. The number of anilines is 1. The summed E-state index contributed by atoms with van der Waals surface area (Å²) in [4.78, 5) is 4.74. The summed E-state index contributed by atoms with van der Waals surface area (Å²) in [6, 6.07) is 4.44. The largest absolute Gasteiger partial charge is 0.384 e. The van der Waals surface area contributed by atoms with Crippen LogP contribution in [0.2, 0.25) is 0 Å². The molecule has 2 heteroatoms. The number of pyridine rings is 1. The summed E-state index contributed by atoms with van der Waals surface area (Å²) in [5.41, 5.74) is 7.32. The van der Waals surface area contributed by atoms with Gasteiger partial charge in [0, 0.05) is 23.3 Å². The first-order chi connectivity index (χ1) is 8.54. The van der Waals surface area contributed by atoms with Crippen LogP contribution in [-0.4, -0.2) is 11.5 Å². The van der Waals surface area contributed by atoms with Crippen LogP contribution in [0.3, 0.4) is 0 Å². The molecule has 0 bridgehead atoms. The van der Waals surface area contributed by atoms with E-state index in [2.05, 4.69) is 52.1 Å². The van der Waals surface area contributed by atoms with Crippen LogP contribution < -0.4 is 5.32 Å². The van der Waals surface area contributed by atoms with Crippen LogP contribution in [0.25, 0.3) is 10.9 Å². The Morgan fingerprint density at radius 2 is 1.83 bits per heavy atom. The second kappa shape index (κ2) is 4.97. The highest BCUT2D eigenvalue weighted by Crippen LogP contribution is 2.30. The SMILES string of the molecule is CCCNc1c(C)c(C)nc2c(C)cc(C)cc12. The third-order valence-corrected chi connectivity index (χ3v) is 3.46. The maximum Gasteiger partial charge on any atom is 0.0755 e. The number of nitrogens with one attached hydrogen (secondary N) is 1. The smallest absolute Gasteiger partial charge is 0.0755 e. The molecule has 1 N–H and O–H groups in total. The van der Waals surface area contributed by atoms with Gasteiger partial charge in [0.25, 0.3) is 0 Å². The van der Waals surface area contributed by atoms with Crippen LogP contribution in [0.5, 0.6) is 0 Å². The van der Waals surface area contributed by atoms with Crippen molar-refractivity contribution in [3.05, 3.63) is 34.5 Å². The summed E-state index contributed by atoms with van der Waals surface area (Å²) >= 11 is 0. The van der Waals surface area contributed by atoms with E-state index in [0.29, 0.717) is 0 Å². The molecule has 0 aliphatic carbocycles. The van der Waals surface area contributed by atoms with Crippen molar-refractivity contribution in [3.8, 4) is 0 Å². The van der Waals surface area contributed by atoms with Gasteiger partial charge in [0.15, 0.2) is 0 Å². The molecule has 18 heavy (non-hydrogen) atoms. The average Bonchev–Trinajstić information content (AvgIpc) is 2.31. The highest BCUT2D eigenvalue weighted by atomic mass is 14.9. The van der Waals surface area contributed by atoms with Crippen LogP contribution >= 0.6 is 0 Å². The minimum absolute atomic E-state index is 1.01. The molecule has 1 heterocycles. The van der Waals surface area contributed by atoms with Crippen molar-refractivity contribution in [2.45, 2.75) is 41.0 Å². The van der Waals surface area contributed by atoms with E-state index in [1.807, 2.05) is 0 Å². The van der Waals surface area contributed by atoms with Gasteiger partial charge in [0.05, 0.1) is 5.52 Å². The lowest BCUT2D eigenvalue weighted by atomic mass is 10.0. The Morgan fingerprint density at radius 1 is 1.11 bits per heavy atom. The van der Waals surface area contributed by atoms with E-state index in [0.717, 1.165) is 24.2 Å². The third-order valence-electron chi connectivity index (χ3n) is 3.46. The van der Waals surface area contributed by atoms with E-state index in [4.69, 9.17) is 4.98 Å². The Labute approximate surface area is 109 Å². The van der Waals surface area contributed by atoms with Gasteiger partial charge in [-0.25, -0.2) is 0 Å². The number of benzene rings is 1. The maximum atomic E-state index is 4.74. The molecule has 0 amide bonds. The van der Waals surface area contributed by atoms with Crippen molar-refractivity contribution >= 4 is 16.6 Å². The van der Waals surface area contributed by atoms with Gasteiger partial charge in [-0.3, -0.25) is 4.98 Å². The Balaban J connectivity index is 2.74. The number of rotatable bonds is 3. The number of nitrogens with zero attached hydrogens (tertiary/aromatic N) is 1. The predicted molar refractivity (Wildman–Crippen MR) is 79.5 cm³/mol. The molecule has 0 radical (unpaired) electrons. The highest BCUT2D eigenvalue weighted by molar-refractivity contribution is 5.95. The fraction of sp³-hybridized carbons (Fsp3) is 0.438. The molecule has 96 valence electrons. The Kier molecular flexibility index (Phi) is 3.55. The molecule has 0 fully saturated rings. The quantitative estimate of drug-likeness (QED) is 0.868. The van der Waals surface area contributed by atoms with Gasteiger partial charge in [-0.2, -0.15) is 0 Å². The van der Waals surface area contributed by atoms with E-state index in [1.54, 1.807) is 0 Å². The molecular weight excluding hydrogens is 220 g/mol. The van der Waals surface area contributed by atoms with Crippen molar-refractivity contribution in [2.75, 3.05) is 11.9 Å². The summed E-state index contributed by atoms with van der Waals surface area (Å²) in [6.45, 7) is 11.7. The van der Waals surface area contributed by atoms with Crippen LogP contribution in [0.15, 0.2) is 12.1 Å². The van der Waals surface area contributed by atoms with Crippen molar-refractivity contribution < 1.29 is 0 Å². The van der Waals surface area contributed by atoms with Gasteiger partial charge in [-0.15, -0.1) is 0 Å². The molecule has 0 atom stereocenters. The summed E-state index contributed by atoms with van der Waals surface area (Å²) in [6.07, 6.45) is 1.13. The number of hydrogen-bond acceptors (Lipinski definition) is 2. The fourth-order valence-electron chi connectivity index (χ4n) is 2.41. The van der Waals surface area contributed by atoms with Gasteiger partial charge in [0.1, 0.15) is 0 Å². The van der Waals surface area contributed by atoms with Crippen molar-refractivity contribution in [1.29, 1.82) is 0 Å². The van der Waals surface area contributed by atoms with E-state index in [-0.39, 0.29) is 0 Å². The van der Waals surface area contributed by atoms with E-state index in [9.17, 15) is 0 Å². The normalized spacial score (nSPS) is 10.9. The topological polar surface area (TPSA) is 24.9 Å². The molecule has 1 aromatic heterocycles. The van der Waals surface area contributed by atoms with Gasteiger partial charge >= 0.3 is 0 Å². The van der Waals surface area contributed by atoms with Crippen LogP contribution in [0.1, 0.15) is 35.7 Å². The lowest BCUT2D eigenvalue weighted by Crippen LogP contribution is -2.05. The monoisotopic (exact) mass is 242 g/mol. The zero-order chi connectivity index (χ0) is 13.3. The lowest BCUT2D eigenvalue weighted by Gasteiger charge is -2.16. The molecule has 0 saturated carbocycles. The third kappa shape index (κ3) is 2.20. The first kappa shape index (κ1) is 12.9. The Hall–Kier alpha value is -1.57. The molecule has 0 unspecified atom stereocenters. The summed E-state index contributed by atoms with van der Waals surface area (Å²) in [5, 5.41) is 4.81. The molecule has 2 aromatic rings. The average molecular weight is 242 g/mol. The Morgan fingerprint density at radius 3 is 2.50 bits per heavy atom. The number of aromatic nitrogens is 1. The predicted octanol–water partition coefficient (Wildman–Crippen LogP) is 4.29. The number of aryl methyl sites for hydroxylation is 3. The fourth-order valence-corrected chi connectivity index (χ4v) is 2.41. The second-order valence-corrected chi connectivity index (χ2v) is 5.10. The number of hydrogen-bond donors (Lipinski definition) is 1. The minimum atomic E-state index is 1.01. The van der Waals surface area contributed by atoms with Crippen molar-refractivity contribution in [2.24, 2.45) is 0 Å². The Bertz CT molecular complexity index is 585. The highest BCUT2D eigenvalue weighted by Gasteiger charge is 2.10. The first-order valence-electron chi connectivity index (χ1n) is 6.66. The van der Waals surface area contributed by atoms with Crippen molar-refractivity contribution in [1.82, 2.24) is 4.98 Å². The summed E-state index contributed by atoms with van der Waals surface area (Å²) < 4.78 is 0. The second-order valence-electron chi connectivity index (χ2n) is 5.10. The standard InChI is InChI=1S/C16H22N2/c1-6-7-17-16-12(4)13(5)18-15-11(3)8-10(2)9-14(15)16/h8-9H,6-7H2,1-5H3,(H,17,18). The molecule has 0 aliphatic heterocycles. The maximum absolute atomic E-state index is 4.74. The van der Waals surface area contributed by atoms with E-state index in [1.165, 1.54) is 27.8 Å². The zero-order valence-electron chi connectivity index (χ0n) is 12.0. The molecule has 0 saturated heterocycles. The first-order valence-corrected chi connectivity index (χ1v) is 6.66. The molecule has 0 spiro atoms. The minimum Gasteiger partial charge on any atom is -0.384 e. The van der Waals surface area contributed by atoms with Gasteiger partial charge in [-0.05, 0) is 51.3 Å². The molecule has 2 nitrogen and oxygen atoms in total. The lowest BCUT2D eigenvalue weighted by molar-refractivity contribution is 0.977. The van der Waals surface area contributed by atoms with Crippen molar-refractivity contribution in [3.63, 3.8) is 0 Å². The van der Waals surface area contributed by atoms with Crippen LogP contribution in [-0.2, 0) is 0 Å². The molecular formula is C16H22N2. The van der Waals surface area contributed by atoms with Crippen LogP contribution in [0.4, 0.5) is 5.69 Å². The van der Waals surface area contributed by atoms with Gasteiger partial charge in [0.2, 0.25) is 0 Å². The molecule has 1 aromatic carbocycles.